The molecule has 0 bridgehead atoms. The number of methoxy groups -OCH3 is 1. The van der Waals surface area contributed by atoms with E-state index in [0.717, 1.165) is 0 Å². The number of ether oxygens (including phenoxy) is 2. The third-order valence-electron chi connectivity index (χ3n) is 4.23. The van der Waals surface area contributed by atoms with Gasteiger partial charge in [-0.05, 0) is 70.0 Å². The Balaban J connectivity index is 1.63. The maximum absolute atomic E-state index is 12.2. The van der Waals surface area contributed by atoms with E-state index >= 15 is 0 Å². The number of benzene rings is 3. The number of carbonyl (C=O) groups is 2. The number of nitrogens with one attached hydrogen (secondary N) is 2. The Morgan fingerprint density at radius 3 is 2.52 bits per heavy atom. The van der Waals surface area contributed by atoms with Gasteiger partial charge in [0, 0.05) is 10.6 Å². The summed E-state index contributed by atoms with van der Waals surface area (Å²) in [6.45, 7) is -0.259. The molecule has 0 aliphatic carbocycles. The van der Waals surface area contributed by atoms with Crippen LogP contribution in [0.25, 0.3) is 0 Å². The first-order valence-electron chi connectivity index (χ1n) is 9.51. The van der Waals surface area contributed by atoms with Gasteiger partial charge >= 0.3 is 0 Å². The van der Waals surface area contributed by atoms with Crippen molar-refractivity contribution in [2.45, 2.75) is 0 Å². The van der Waals surface area contributed by atoms with Crippen LogP contribution >= 0.6 is 39.1 Å². The molecule has 3 aromatic carbocycles. The van der Waals surface area contributed by atoms with Gasteiger partial charge in [0.05, 0.1) is 28.5 Å². The first-order chi connectivity index (χ1) is 15.9. The smallest absolute Gasteiger partial charge is 0.271 e. The van der Waals surface area contributed by atoms with Crippen LogP contribution in [0.15, 0.2) is 70.2 Å². The molecule has 0 radical (unpaired) electrons. The third-order valence-corrected chi connectivity index (χ3v) is 5.40. The molecule has 10 heteroatoms. The first-order valence-corrected chi connectivity index (χ1v) is 11.1. The average molecular weight is 551 g/mol. The monoisotopic (exact) mass is 549 g/mol. The lowest BCUT2D eigenvalue weighted by Gasteiger charge is -2.14. The third kappa shape index (κ3) is 6.95. The Morgan fingerprint density at radius 1 is 1.09 bits per heavy atom. The van der Waals surface area contributed by atoms with E-state index in [0.29, 0.717) is 42.8 Å². The quantitative estimate of drug-likeness (QED) is 0.284. The number of rotatable bonds is 8. The second-order valence-electron chi connectivity index (χ2n) is 6.56. The van der Waals surface area contributed by atoms with Crippen molar-refractivity contribution in [3.63, 3.8) is 0 Å². The summed E-state index contributed by atoms with van der Waals surface area (Å²) in [4.78, 5) is 24.4. The molecule has 0 fully saturated rings. The Bertz CT molecular complexity index is 1190. The van der Waals surface area contributed by atoms with E-state index in [1.54, 1.807) is 60.7 Å². The highest BCUT2D eigenvalue weighted by Crippen LogP contribution is 2.36. The molecule has 2 amide bonds. The van der Waals surface area contributed by atoms with Gasteiger partial charge in [-0.1, -0.05) is 35.3 Å². The number of amides is 2. The molecule has 0 atom stereocenters. The molecule has 3 rings (SSSR count). The lowest BCUT2D eigenvalue weighted by molar-refractivity contribution is -0.118. The number of nitrogens with zero attached hydrogens (tertiary/aromatic N) is 1. The minimum absolute atomic E-state index is 0.259. The van der Waals surface area contributed by atoms with Crippen LogP contribution in [-0.4, -0.2) is 31.7 Å². The SMILES string of the molecule is COc1cc(/C=N/NC(=O)c2ccc(Cl)cc2)cc(Br)c1OCC(=O)Nc1ccccc1Cl. The fraction of sp³-hybridized carbons (Fsp3) is 0.0870. The second-order valence-corrected chi connectivity index (χ2v) is 8.25. The Hall–Kier alpha value is -3.07. The molecular weight excluding hydrogens is 533 g/mol. The average Bonchev–Trinajstić information content (AvgIpc) is 2.80. The predicted molar refractivity (Wildman–Crippen MR) is 133 cm³/mol. The molecule has 0 saturated heterocycles. The minimum atomic E-state index is -0.382. The van der Waals surface area contributed by atoms with E-state index in [9.17, 15) is 9.59 Å². The second kappa shape index (κ2) is 11.7. The summed E-state index contributed by atoms with van der Waals surface area (Å²) in [6, 6.07) is 16.7. The molecule has 0 aliphatic rings. The maximum Gasteiger partial charge on any atom is 0.271 e. The number of anilines is 1. The first kappa shape index (κ1) is 24.6. The number of carbonyl (C=O) groups excluding carboxylic acids is 2. The molecule has 0 saturated carbocycles. The van der Waals surface area contributed by atoms with E-state index in [4.69, 9.17) is 32.7 Å². The molecule has 0 aliphatic heterocycles. The summed E-state index contributed by atoms with van der Waals surface area (Å²) >= 11 is 15.3. The van der Waals surface area contributed by atoms with Crippen molar-refractivity contribution in [2.24, 2.45) is 5.10 Å². The molecule has 0 spiro atoms. The molecule has 2 N–H and O–H groups in total. The fourth-order valence-electron chi connectivity index (χ4n) is 2.67. The largest absolute Gasteiger partial charge is 0.493 e. The van der Waals surface area contributed by atoms with Gasteiger partial charge in [0.1, 0.15) is 0 Å². The highest BCUT2D eigenvalue weighted by Gasteiger charge is 2.14. The fourth-order valence-corrected chi connectivity index (χ4v) is 3.56. The maximum atomic E-state index is 12.2. The highest BCUT2D eigenvalue weighted by molar-refractivity contribution is 9.10. The Kier molecular flexibility index (Phi) is 8.71. The van der Waals surface area contributed by atoms with Crippen LogP contribution in [0.3, 0.4) is 0 Å². The molecular formula is C23H18BrCl2N3O4. The van der Waals surface area contributed by atoms with Gasteiger partial charge in [0.2, 0.25) is 0 Å². The van der Waals surface area contributed by atoms with E-state index in [-0.39, 0.29) is 18.4 Å². The van der Waals surface area contributed by atoms with Crippen molar-refractivity contribution >= 4 is 62.8 Å². The van der Waals surface area contributed by atoms with Gasteiger partial charge in [-0.2, -0.15) is 5.10 Å². The number of hydrogen-bond acceptors (Lipinski definition) is 5. The standard InChI is InChI=1S/C23H18BrCl2N3O4/c1-32-20-11-14(12-27-29-23(31)15-6-8-16(25)9-7-15)10-17(24)22(20)33-13-21(30)28-19-5-3-2-4-18(19)26/h2-12H,13H2,1H3,(H,28,30)(H,29,31)/b27-12+. The van der Waals surface area contributed by atoms with Crippen molar-refractivity contribution in [2.75, 3.05) is 19.0 Å². The molecule has 3 aromatic rings. The zero-order valence-corrected chi connectivity index (χ0v) is 20.4. The van der Waals surface area contributed by atoms with Gasteiger partial charge in [-0.15, -0.1) is 0 Å². The zero-order valence-electron chi connectivity index (χ0n) is 17.3. The van der Waals surface area contributed by atoms with E-state index in [2.05, 4.69) is 31.8 Å². The van der Waals surface area contributed by atoms with Crippen molar-refractivity contribution < 1.29 is 19.1 Å². The summed E-state index contributed by atoms with van der Waals surface area (Å²) in [5.74, 6) is -0.0411. The van der Waals surface area contributed by atoms with Crippen LogP contribution in [0.1, 0.15) is 15.9 Å². The van der Waals surface area contributed by atoms with Crippen molar-refractivity contribution in [3.05, 3.63) is 86.3 Å². The molecule has 0 aromatic heterocycles. The summed E-state index contributed by atoms with van der Waals surface area (Å²) in [5, 5.41) is 7.61. The Morgan fingerprint density at radius 2 is 1.82 bits per heavy atom. The number of para-hydroxylation sites is 1. The van der Waals surface area contributed by atoms with Gasteiger partial charge in [-0.25, -0.2) is 5.43 Å². The molecule has 170 valence electrons. The van der Waals surface area contributed by atoms with Crippen LogP contribution in [0, 0.1) is 0 Å². The molecule has 33 heavy (non-hydrogen) atoms. The number of hydrazone groups is 1. The lowest BCUT2D eigenvalue weighted by Crippen LogP contribution is -2.20. The van der Waals surface area contributed by atoms with E-state index in [1.807, 2.05) is 0 Å². The van der Waals surface area contributed by atoms with Crippen LogP contribution in [0.5, 0.6) is 11.5 Å². The lowest BCUT2D eigenvalue weighted by atomic mass is 10.2. The van der Waals surface area contributed by atoms with Gasteiger partial charge in [0.25, 0.3) is 11.8 Å². The number of hydrogen-bond donors (Lipinski definition) is 2. The molecule has 0 unspecified atom stereocenters. The topological polar surface area (TPSA) is 89.0 Å². The van der Waals surface area contributed by atoms with Crippen molar-refractivity contribution in [1.82, 2.24) is 5.43 Å². The number of halogens is 3. The van der Waals surface area contributed by atoms with Crippen LogP contribution in [0.2, 0.25) is 10.0 Å². The van der Waals surface area contributed by atoms with Crippen molar-refractivity contribution in [1.29, 1.82) is 0 Å². The van der Waals surface area contributed by atoms with E-state index in [1.165, 1.54) is 13.3 Å². The minimum Gasteiger partial charge on any atom is -0.493 e. The molecule has 7 nitrogen and oxygen atoms in total. The Labute approximate surface area is 208 Å². The summed E-state index contributed by atoms with van der Waals surface area (Å²) in [7, 11) is 1.47. The zero-order chi connectivity index (χ0) is 23.8. The highest BCUT2D eigenvalue weighted by atomic mass is 79.9. The van der Waals surface area contributed by atoms with Crippen LogP contribution in [-0.2, 0) is 4.79 Å². The van der Waals surface area contributed by atoms with Crippen molar-refractivity contribution in [3.8, 4) is 11.5 Å². The summed E-state index contributed by atoms with van der Waals surface area (Å²) < 4.78 is 11.6. The van der Waals surface area contributed by atoms with Gasteiger partial charge in [0.15, 0.2) is 18.1 Å². The van der Waals surface area contributed by atoms with Crippen LogP contribution in [0.4, 0.5) is 5.69 Å². The molecule has 0 heterocycles. The van der Waals surface area contributed by atoms with Gasteiger partial charge in [-0.3, -0.25) is 9.59 Å². The van der Waals surface area contributed by atoms with Gasteiger partial charge < -0.3 is 14.8 Å². The normalized spacial score (nSPS) is 10.7. The predicted octanol–water partition coefficient (Wildman–Crippen LogP) is 5.55. The van der Waals surface area contributed by atoms with Crippen LogP contribution < -0.4 is 20.2 Å². The summed E-state index contributed by atoms with van der Waals surface area (Å²) in [6.07, 6.45) is 1.45. The summed E-state index contributed by atoms with van der Waals surface area (Å²) in [5.41, 5.74) is 3.99. The van der Waals surface area contributed by atoms with E-state index < -0.39 is 0 Å².